The highest BCUT2D eigenvalue weighted by Gasteiger charge is 2.09. The van der Waals surface area contributed by atoms with Gasteiger partial charge in [-0.05, 0) is 12.1 Å². The lowest BCUT2D eigenvalue weighted by Gasteiger charge is -2.04. The van der Waals surface area contributed by atoms with E-state index < -0.39 is 0 Å². The average Bonchev–Trinajstić information content (AvgIpc) is 2.06. The highest BCUT2D eigenvalue weighted by molar-refractivity contribution is 5.76. The van der Waals surface area contributed by atoms with Crippen LogP contribution in [0.15, 0.2) is 24.4 Å². The molecule has 0 spiro atoms. The van der Waals surface area contributed by atoms with E-state index in [-0.39, 0.29) is 11.8 Å². The Bertz CT molecular complexity index is 258. The molecule has 2 N–H and O–H groups in total. The molecule has 1 atom stereocenters. The normalized spacial score (nSPS) is 12.4. The summed E-state index contributed by atoms with van der Waals surface area (Å²) in [5.41, 5.74) is 6.02. The summed E-state index contributed by atoms with van der Waals surface area (Å²) in [6.45, 7) is 1.80. The van der Waals surface area contributed by atoms with E-state index in [2.05, 4.69) is 4.98 Å². The van der Waals surface area contributed by atoms with E-state index in [4.69, 9.17) is 5.73 Å². The molecule has 1 amide bonds. The van der Waals surface area contributed by atoms with Gasteiger partial charge in [-0.2, -0.15) is 0 Å². The lowest BCUT2D eigenvalue weighted by molar-refractivity contribution is -0.121. The maximum absolute atomic E-state index is 10.7. The van der Waals surface area contributed by atoms with Crippen LogP contribution in [-0.2, 0) is 11.2 Å². The third kappa shape index (κ3) is 2.34. The van der Waals surface area contributed by atoms with Crippen LogP contribution in [0.1, 0.15) is 12.6 Å². The van der Waals surface area contributed by atoms with Crippen molar-refractivity contribution in [1.82, 2.24) is 4.98 Å². The van der Waals surface area contributed by atoms with Crippen LogP contribution >= 0.6 is 0 Å². The van der Waals surface area contributed by atoms with Crippen molar-refractivity contribution in [2.75, 3.05) is 0 Å². The lowest BCUT2D eigenvalue weighted by Crippen LogP contribution is -2.22. The molecular weight excluding hydrogens is 152 g/mol. The molecule has 1 rings (SSSR count). The second-order valence-corrected chi connectivity index (χ2v) is 2.83. The van der Waals surface area contributed by atoms with Gasteiger partial charge in [0, 0.05) is 24.2 Å². The Hall–Kier alpha value is -1.38. The molecule has 0 saturated heterocycles. The fraction of sp³-hybridized carbons (Fsp3) is 0.333. The number of carbonyl (C=O) groups is 1. The van der Waals surface area contributed by atoms with Crippen molar-refractivity contribution in [2.24, 2.45) is 11.7 Å². The fourth-order valence-corrected chi connectivity index (χ4v) is 0.933. The Balaban J connectivity index is 2.58. The minimum Gasteiger partial charge on any atom is -0.369 e. The highest BCUT2D eigenvalue weighted by atomic mass is 16.1. The number of rotatable bonds is 3. The van der Waals surface area contributed by atoms with Crippen molar-refractivity contribution in [2.45, 2.75) is 13.3 Å². The molecule has 1 unspecified atom stereocenters. The number of nitrogens with zero attached hydrogens (tertiary/aromatic N) is 1. The van der Waals surface area contributed by atoms with Crippen LogP contribution in [0.5, 0.6) is 0 Å². The second-order valence-electron chi connectivity index (χ2n) is 2.83. The van der Waals surface area contributed by atoms with Gasteiger partial charge in [-0.3, -0.25) is 9.78 Å². The van der Waals surface area contributed by atoms with E-state index in [0.717, 1.165) is 5.69 Å². The maximum Gasteiger partial charge on any atom is 0.220 e. The van der Waals surface area contributed by atoms with Crippen molar-refractivity contribution >= 4 is 5.91 Å². The minimum atomic E-state index is -0.277. The monoisotopic (exact) mass is 164 g/mol. The Morgan fingerprint density at radius 3 is 2.92 bits per heavy atom. The highest BCUT2D eigenvalue weighted by Crippen LogP contribution is 2.03. The van der Waals surface area contributed by atoms with E-state index in [1.165, 1.54) is 0 Å². The van der Waals surface area contributed by atoms with Gasteiger partial charge in [0.15, 0.2) is 0 Å². The number of carbonyl (C=O) groups excluding carboxylic acids is 1. The molecular formula is C9H12N2O. The first-order chi connectivity index (χ1) is 5.70. The predicted octanol–water partition coefficient (Wildman–Crippen LogP) is 0.745. The topological polar surface area (TPSA) is 56.0 Å². The third-order valence-electron chi connectivity index (χ3n) is 1.73. The quantitative estimate of drug-likeness (QED) is 0.716. The summed E-state index contributed by atoms with van der Waals surface area (Å²) in [6.07, 6.45) is 2.33. The first-order valence-electron chi connectivity index (χ1n) is 3.89. The molecule has 0 radical (unpaired) electrons. The zero-order valence-electron chi connectivity index (χ0n) is 7.03. The zero-order chi connectivity index (χ0) is 8.97. The van der Waals surface area contributed by atoms with Gasteiger partial charge in [0.2, 0.25) is 5.91 Å². The lowest BCUT2D eigenvalue weighted by atomic mass is 10.1. The van der Waals surface area contributed by atoms with Gasteiger partial charge in [-0.25, -0.2) is 0 Å². The van der Waals surface area contributed by atoms with Gasteiger partial charge in [-0.1, -0.05) is 13.0 Å². The smallest absolute Gasteiger partial charge is 0.220 e. The molecule has 0 aromatic carbocycles. The van der Waals surface area contributed by atoms with Crippen molar-refractivity contribution in [3.8, 4) is 0 Å². The van der Waals surface area contributed by atoms with Crippen LogP contribution in [0.4, 0.5) is 0 Å². The molecule has 3 nitrogen and oxygen atoms in total. The Morgan fingerprint density at radius 1 is 1.67 bits per heavy atom. The number of amides is 1. The van der Waals surface area contributed by atoms with E-state index in [1.807, 2.05) is 18.2 Å². The summed E-state index contributed by atoms with van der Waals surface area (Å²) >= 11 is 0. The molecule has 0 aliphatic heterocycles. The Labute approximate surface area is 71.6 Å². The molecule has 3 heteroatoms. The van der Waals surface area contributed by atoms with Crippen LogP contribution in [0.3, 0.4) is 0 Å². The summed E-state index contributed by atoms with van der Waals surface area (Å²) in [4.78, 5) is 14.8. The summed E-state index contributed by atoms with van der Waals surface area (Å²) in [6, 6.07) is 5.63. The molecule has 12 heavy (non-hydrogen) atoms. The molecule has 0 aliphatic rings. The molecule has 0 bridgehead atoms. The zero-order valence-corrected chi connectivity index (χ0v) is 7.03. The number of hydrogen-bond donors (Lipinski definition) is 1. The fourth-order valence-electron chi connectivity index (χ4n) is 0.933. The predicted molar refractivity (Wildman–Crippen MR) is 46.3 cm³/mol. The van der Waals surface area contributed by atoms with Crippen LogP contribution in [0.2, 0.25) is 0 Å². The first kappa shape index (κ1) is 8.71. The SMILES string of the molecule is CC(Cc1ccccn1)C(N)=O. The molecule has 1 aromatic heterocycles. The molecule has 0 fully saturated rings. The van der Waals surface area contributed by atoms with Gasteiger partial charge in [0.05, 0.1) is 0 Å². The molecule has 1 aromatic rings. The van der Waals surface area contributed by atoms with Crippen molar-refractivity contribution < 1.29 is 4.79 Å². The molecule has 1 heterocycles. The Kier molecular flexibility index (Phi) is 2.80. The van der Waals surface area contributed by atoms with Gasteiger partial charge in [-0.15, -0.1) is 0 Å². The van der Waals surface area contributed by atoms with Crippen LogP contribution in [-0.4, -0.2) is 10.9 Å². The van der Waals surface area contributed by atoms with Gasteiger partial charge in [0.25, 0.3) is 0 Å². The minimum absolute atomic E-state index is 0.139. The first-order valence-corrected chi connectivity index (χ1v) is 3.89. The van der Waals surface area contributed by atoms with E-state index in [1.54, 1.807) is 13.1 Å². The standard InChI is InChI=1S/C9H12N2O/c1-7(9(10)12)6-8-4-2-3-5-11-8/h2-5,7H,6H2,1H3,(H2,10,12). The molecule has 0 saturated carbocycles. The second kappa shape index (κ2) is 3.85. The molecule has 0 aliphatic carbocycles. The number of aromatic nitrogens is 1. The van der Waals surface area contributed by atoms with Crippen molar-refractivity contribution in [3.63, 3.8) is 0 Å². The van der Waals surface area contributed by atoms with E-state index in [9.17, 15) is 4.79 Å². The number of pyridine rings is 1. The summed E-state index contributed by atoms with van der Waals surface area (Å²) in [5, 5.41) is 0. The molecule has 64 valence electrons. The number of primary amides is 1. The third-order valence-corrected chi connectivity index (χ3v) is 1.73. The van der Waals surface area contributed by atoms with Crippen LogP contribution < -0.4 is 5.73 Å². The Morgan fingerprint density at radius 2 is 2.42 bits per heavy atom. The summed E-state index contributed by atoms with van der Waals surface area (Å²) < 4.78 is 0. The number of hydrogen-bond acceptors (Lipinski definition) is 2. The summed E-state index contributed by atoms with van der Waals surface area (Å²) in [5.74, 6) is -0.416. The van der Waals surface area contributed by atoms with Crippen LogP contribution in [0, 0.1) is 5.92 Å². The van der Waals surface area contributed by atoms with E-state index >= 15 is 0 Å². The van der Waals surface area contributed by atoms with Gasteiger partial charge < -0.3 is 5.73 Å². The van der Waals surface area contributed by atoms with Crippen molar-refractivity contribution in [1.29, 1.82) is 0 Å². The largest absolute Gasteiger partial charge is 0.369 e. The van der Waals surface area contributed by atoms with Crippen molar-refractivity contribution in [3.05, 3.63) is 30.1 Å². The maximum atomic E-state index is 10.7. The number of nitrogens with two attached hydrogens (primary N) is 1. The average molecular weight is 164 g/mol. The summed E-state index contributed by atoms with van der Waals surface area (Å²) in [7, 11) is 0. The van der Waals surface area contributed by atoms with Gasteiger partial charge in [0.1, 0.15) is 0 Å². The van der Waals surface area contributed by atoms with Crippen LogP contribution in [0.25, 0.3) is 0 Å². The van der Waals surface area contributed by atoms with Gasteiger partial charge >= 0.3 is 0 Å². The van der Waals surface area contributed by atoms with E-state index in [0.29, 0.717) is 6.42 Å².